The minimum Gasteiger partial charge on any atom is -0.480 e. The second-order valence-corrected chi connectivity index (χ2v) is 10.0. The van der Waals surface area contributed by atoms with E-state index >= 15 is 0 Å². The van der Waals surface area contributed by atoms with Gasteiger partial charge in [-0.25, -0.2) is 4.79 Å². The highest BCUT2D eigenvalue weighted by Crippen LogP contribution is 2.03. The zero-order chi connectivity index (χ0) is 32.7. The highest BCUT2D eigenvalue weighted by molar-refractivity contribution is 7.98. The second-order valence-electron chi connectivity index (χ2n) is 9.05. The van der Waals surface area contributed by atoms with Crippen molar-refractivity contribution in [1.82, 2.24) is 5.32 Å². The Labute approximate surface area is 244 Å². The lowest BCUT2D eigenvalue weighted by molar-refractivity contribution is -0.160. The normalized spacial score (nSPS) is 13.9. The molecule has 240 valence electrons. The van der Waals surface area contributed by atoms with Crippen molar-refractivity contribution in [1.29, 1.82) is 5.41 Å². The second kappa shape index (κ2) is 24.7. The van der Waals surface area contributed by atoms with Crippen LogP contribution in [0.2, 0.25) is 0 Å². The fourth-order valence-electron chi connectivity index (χ4n) is 2.41. The van der Waals surface area contributed by atoms with E-state index in [1.807, 2.05) is 20.1 Å². The van der Waals surface area contributed by atoms with Crippen LogP contribution in [0.25, 0.3) is 0 Å². The summed E-state index contributed by atoms with van der Waals surface area (Å²) in [7, 11) is 0. The Balaban J connectivity index is -0.000000569. The van der Waals surface area contributed by atoms with Gasteiger partial charge < -0.3 is 59.4 Å². The first-order valence-electron chi connectivity index (χ1n) is 12.6. The highest BCUT2D eigenvalue weighted by Gasteiger charge is 2.25. The van der Waals surface area contributed by atoms with Crippen LogP contribution in [0.5, 0.6) is 0 Å². The first kappa shape index (κ1) is 42.4. The number of nitrogens with one attached hydrogen (secondary N) is 2. The molecule has 0 radical (unpaired) electrons. The van der Waals surface area contributed by atoms with E-state index in [1.165, 1.54) is 6.92 Å². The number of esters is 3. The minimum atomic E-state index is -1.28. The molecule has 0 saturated heterocycles. The van der Waals surface area contributed by atoms with Gasteiger partial charge in [0.25, 0.3) is 0 Å². The molecule has 0 aromatic carbocycles. The van der Waals surface area contributed by atoms with Gasteiger partial charge in [-0.1, -0.05) is 13.8 Å². The Kier molecular flexibility index (Phi) is 25.6. The van der Waals surface area contributed by atoms with Crippen LogP contribution < -0.4 is 39.7 Å². The molecule has 0 spiro atoms. The molecule has 0 aromatic heterocycles. The third kappa shape index (κ3) is 25.7. The number of hydrogen-bond acceptors (Lipinski definition) is 14. The summed E-state index contributed by atoms with van der Waals surface area (Å²) in [6, 6.07) is -3.57. The Bertz CT molecular complexity index is 820. The fourth-order valence-corrected chi connectivity index (χ4v) is 2.90. The lowest BCUT2D eigenvalue weighted by Crippen LogP contribution is -2.45. The van der Waals surface area contributed by atoms with Gasteiger partial charge in [-0.3, -0.25) is 24.6 Å². The third-order valence-corrected chi connectivity index (χ3v) is 5.41. The number of hydrogen-bond donors (Lipinski definition) is 10. The largest absolute Gasteiger partial charge is 0.480 e. The van der Waals surface area contributed by atoms with Crippen molar-refractivity contribution in [3.63, 3.8) is 0 Å². The van der Waals surface area contributed by atoms with Crippen molar-refractivity contribution in [2.24, 2.45) is 40.3 Å². The summed E-state index contributed by atoms with van der Waals surface area (Å²) in [6.45, 7) is 5.40. The van der Waals surface area contributed by atoms with Crippen LogP contribution in [0.1, 0.15) is 46.5 Å². The first-order chi connectivity index (χ1) is 18.9. The smallest absolute Gasteiger partial charge is 0.330 e. The number of nitrogens with two attached hydrogens (primary N) is 6. The molecule has 0 saturated carbocycles. The first-order valence-corrected chi connectivity index (χ1v) is 14.0. The van der Waals surface area contributed by atoms with E-state index in [4.69, 9.17) is 54.8 Å². The average molecular weight is 613 g/mol. The molecule has 0 unspecified atom stereocenters. The molecular weight excluding hydrogens is 564 g/mol. The van der Waals surface area contributed by atoms with Crippen LogP contribution in [-0.2, 0) is 33.4 Å². The number of carboxylic acid groups (broad SMARTS) is 2. The summed E-state index contributed by atoms with van der Waals surface area (Å²) in [4.78, 5) is 53.8. The van der Waals surface area contributed by atoms with E-state index in [2.05, 4.69) is 10.1 Å². The summed E-state index contributed by atoms with van der Waals surface area (Å²) in [6.07, 6.45) is 2.85. The Morgan fingerprint density at radius 3 is 1.83 bits per heavy atom. The lowest BCUT2D eigenvalue weighted by atomic mass is 10.1. The van der Waals surface area contributed by atoms with Crippen LogP contribution in [0.4, 0.5) is 0 Å². The van der Waals surface area contributed by atoms with E-state index in [1.54, 1.807) is 11.8 Å². The number of ether oxygens (including phenoxy) is 2. The van der Waals surface area contributed by atoms with E-state index < -0.39 is 60.1 Å². The fraction of sp³-hybridized carbons (Fsp3) is 0.739. The topological polar surface area (TPSA) is 336 Å². The van der Waals surface area contributed by atoms with E-state index in [-0.39, 0.29) is 12.5 Å². The van der Waals surface area contributed by atoms with Gasteiger partial charge in [0.1, 0.15) is 30.3 Å². The molecule has 0 amide bonds. The number of rotatable bonds is 16. The lowest BCUT2D eigenvalue weighted by Gasteiger charge is -2.19. The van der Waals surface area contributed by atoms with Gasteiger partial charge in [0.15, 0.2) is 5.96 Å². The van der Waals surface area contributed by atoms with Crippen molar-refractivity contribution in [3.8, 4) is 0 Å². The SMILES string of the molecule is CC(C)C[C@H](N)C(=O)O.CSCC[C@H](N)C(=O)OC(=O)CN.C[C@@H](OC(=O)[C@@H](N)CCCNC(=N)N)[C@H](N)C(=O)O. The molecule has 0 aliphatic heterocycles. The van der Waals surface area contributed by atoms with Crippen molar-refractivity contribution in [3.05, 3.63) is 0 Å². The summed E-state index contributed by atoms with van der Waals surface area (Å²) in [5, 5.41) is 26.4. The van der Waals surface area contributed by atoms with Crippen molar-refractivity contribution < 1.29 is 43.7 Å². The van der Waals surface area contributed by atoms with E-state index in [0.29, 0.717) is 38.1 Å². The Hall–Kier alpha value is -3.03. The van der Waals surface area contributed by atoms with Gasteiger partial charge in [-0.05, 0) is 50.5 Å². The number of carbonyl (C=O) groups excluding carboxylic acids is 3. The van der Waals surface area contributed by atoms with Crippen molar-refractivity contribution in [2.45, 2.75) is 76.7 Å². The zero-order valence-electron chi connectivity index (χ0n) is 24.0. The maximum atomic E-state index is 11.5. The van der Waals surface area contributed by atoms with Gasteiger partial charge in [-0.15, -0.1) is 0 Å². The molecule has 0 fully saturated rings. The quantitative estimate of drug-likeness (QED) is 0.0282. The van der Waals surface area contributed by atoms with Crippen LogP contribution in [-0.4, -0.2) is 101 Å². The molecule has 5 atom stereocenters. The Morgan fingerprint density at radius 2 is 1.44 bits per heavy atom. The van der Waals surface area contributed by atoms with Gasteiger partial charge in [0.05, 0.1) is 6.54 Å². The molecule has 0 aromatic rings. The highest BCUT2D eigenvalue weighted by atomic mass is 32.2. The van der Waals surface area contributed by atoms with Crippen LogP contribution in [0, 0.1) is 11.3 Å². The molecule has 0 aliphatic rings. The molecule has 0 heterocycles. The minimum absolute atomic E-state index is 0.155. The molecule has 0 rings (SSSR count). The molecule has 0 aliphatic carbocycles. The third-order valence-electron chi connectivity index (χ3n) is 4.76. The molecule has 0 bridgehead atoms. The predicted octanol–water partition coefficient (Wildman–Crippen LogP) is -2.54. The average Bonchev–Trinajstić information content (AvgIpc) is 2.88. The van der Waals surface area contributed by atoms with Gasteiger partial charge in [0, 0.05) is 6.54 Å². The van der Waals surface area contributed by atoms with Crippen LogP contribution in [0.15, 0.2) is 0 Å². The van der Waals surface area contributed by atoms with Crippen LogP contribution in [0.3, 0.4) is 0 Å². The predicted molar refractivity (Wildman–Crippen MR) is 154 cm³/mol. The molecular formula is C23H48N8O9S. The van der Waals surface area contributed by atoms with E-state index in [9.17, 15) is 24.0 Å². The van der Waals surface area contributed by atoms with Gasteiger partial charge in [-0.2, -0.15) is 11.8 Å². The van der Waals surface area contributed by atoms with Crippen molar-refractivity contribution in [2.75, 3.05) is 25.1 Å². The van der Waals surface area contributed by atoms with Gasteiger partial charge >= 0.3 is 29.8 Å². The standard InChI is InChI=1S/C10H21N5O4.C7H14N2O3S.C6H13NO2/c1-5(7(12)8(16)17)19-9(18)6(11)3-2-4-15-10(13)14;1-13-3-2-5(9)7(11)12-6(10)4-8;1-4(2)3-5(7)6(8)9/h5-7H,2-4,11-12H2,1H3,(H,16,17)(H4,13,14,15);5H,2-4,8-9H2,1H3;4-5H,3,7H2,1-2H3,(H,8,9)/t5-,6+,7+;2*5-/m100/s1. The van der Waals surface area contributed by atoms with Crippen LogP contribution >= 0.6 is 11.8 Å². The summed E-state index contributed by atoms with van der Waals surface area (Å²) in [5.41, 5.74) is 31.6. The number of carboxylic acids is 2. The number of aliphatic carboxylic acids is 2. The molecule has 17 nitrogen and oxygen atoms in total. The monoisotopic (exact) mass is 612 g/mol. The van der Waals surface area contributed by atoms with Gasteiger partial charge in [0.2, 0.25) is 0 Å². The number of thioether (sulfide) groups is 1. The maximum Gasteiger partial charge on any atom is 0.330 e. The summed E-state index contributed by atoms with van der Waals surface area (Å²) in [5.74, 6) is -3.36. The zero-order valence-corrected chi connectivity index (χ0v) is 24.9. The summed E-state index contributed by atoms with van der Waals surface area (Å²) < 4.78 is 9.18. The maximum absolute atomic E-state index is 11.5. The van der Waals surface area contributed by atoms with Crippen molar-refractivity contribution >= 4 is 47.6 Å². The Morgan fingerprint density at radius 1 is 0.902 bits per heavy atom. The molecule has 18 heteroatoms. The molecule has 41 heavy (non-hydrogen) atoms. The molecule has 16 N–H and O–H groups in total. The summed E-state index contributed by atoms with van der Waals surface area (Å²) >= 11 is 1.57. The number of guanidine groups is 1. The van der Waals surface area contributed by atoms with E-state index in [0.717, 1.165) is 5.75 Å². The number of carbonyl (C=O) groups is 5.